The van der Waals surface area contributed by atoms with Crippen molar-refractivity contribution in [1.82, 2.24) is 5.43 Å². The molecule has 116 valence electrons. The van der Waals surface area contributed by atoms with E-state index in [1.807, 2.05) is 54.6 Å². The van der Waals surface area contributed by atoms with Gasteiger partial charge < -0.3 is 4.74 Å². The average molecular weight is 389 g/mol. The van der Waals surface area contributed by atoms with Gasteiger partial charge >= 0.3 is 0 Å². The molecular formula is C17H13BrN2O2S. The zero-order valence-corrected chi connectivity index (χ0v) is 14.4. The number of nitrogens with one attached hydrogen (secondary N) is 1. The summed E-state index contributed by atoms with van der Waals surface area (Å²) in [6.45, 7) is -0.0795. The number of benzene rings is 2. The summed E-state index contributed by atoms with van der Waals surface area (Å²) in [6.07, 6.45) is 1.60. The number of halogens is 1. The second kappa shape index (κ2) is 7.39. The average Bonchev–Trinajstić information content (AvgIpc) is 2.98. The van der Waals surface area contributed by atoms with Gasteiger partial charge in [-0.05, 0) is 51.0 Å². The van der Waals surface area contributed by atoms with Crippen LogP contribution >= 0.6 is 27.3 Å². The molecule has 0 radical (unpaired) electrons. The number of rotatable bonds is 5. The summed E-state index contributed by atoms with van der Waals surface area (Å²) in [5.41, 5.74) is 2.44. The van der Waals surface area contributed by atoms with E-state index >= 15 is 0 Å². The highest BCUT2D eigenvalue weighted by molar-refractivity contribution is 9.11. The van der Waals surface area contributed by atoms with Crippen LogP contribution in [0.25, 0.3) is 10.8 Å². The molecule has 1 aromatic heterocycles. The van der Waals surface area contributed by atoms with Gasteiger partial charge in [0.25, 0.3) is 5.91 Å². The third kappa shape index (κ3) is 4.40. The molecule has 0 atom stereocenters. The predicted molar refractivity (Wildman–Crippen MR) is 97.2 cm³/mol. The van der Waals surface area contributed by atoms with E-state index < -0.39 is 0 Å². The molecule has 1 N–H and O–H groups in total. The maximum absolute atomic E-state index is 11.7. The second-order valence-corrected chi connectivity index (χ2v) is 7.23. The Labute approximate surface area is 145 Å². The van der Waals surface area contributed by atoms with Crippen LogP contribution in [0.3, 0.4) is 0 Å². The molecule has 3 rings (SSSR count). The Kier molecular flexibility index (Phi) is 5.05. The summed E-state index contributed by atoms with van der Waals surface area (Å²) >= 11 is 4.91. The normalized spacial score (nSPS) is 11.0. The lowest BCUT2D eigenvalue weighted by molar-refractivity contribution is -0.123. The molecule has 0 saturated heterocycles. The summed E-state index contributed by atoms with van der Waals surface area (Å²) in [4.78, 5) is 12.7. The molecule has 6 heteroatoms. The van der Waals surface area contributed by atoms with Crippen LogP contribution in [0.4, 0.5) is 0 Å². The van der Waals surface area contributed by atoms with Crippen LogP contribution in [0.1, 0.15) is 4.88 Å². The second-order valence-electron chi connectivity index (χ2n) is 4.73. The van der Waals surface area contributed by atoms with Gasteiger partial charge in [0, 0.05) is 4.88 Å². The molecule has 23 heavy (non-hydrogen) atoms. The van der Waals surface area contributed by atoms with Gasteiger partial charge in [0.2, 0.25) is 0 Å². The van der Waals surface area contributed by atoms with Gasteiger partial charge in [-0.2, -0.15) is 5.10 Å². The smallest absolute Gasteiger partial charge is 0.277 e. The van der Waals surface area contributed by atoms with E-state index in [9.17, 15) is 4.79 Å². The molecule has 2 aromatic carbocycles. The predicted octanol–water partition coefficient (Wildman–Crippen LogP) is 4.19. The highest BCUT2D eigenvalue weighted by atomic mass is 79.9. The largest absolute Gasteiger partial charge is 0.484 e. The molecule has 3 aromatic rings. The first-order valence-corrected chi connectivity index (χ1v) is 8.50. The molecule has 0 aliphatic carbocycles. The van der Waals surface area contributed by atoms with E-state index in [4.69, 9.17) is 4.74 Å². The number of hydrogen-bond acceptors (Lipinski definition) is 4. The molecular weight excluding hydrogens is 376 g/mol. The highest BCUT2D eigenvalue weighted by Gasteiger charge is 2.02. The molecule has 0 unspecified atom stereocenters. The van der Waals surface area contributed by atoms with Crippen molar-refractivity contribution in [2.45, 2.75) is 0 Å². The summed E-state index contributed by atoms with van der Waals surface area (Å²) in [5, 5.41) is 6.11. The SMILES string of the molecule is O=C(COc1ccc2ccccc2c1)N/N=C\c1ccc(Br)s1. The summed E-state index contributed by atoms with van der Waals surface area (Å²) in [6, 6.07) is 17.6. The quantitative estimate of drug-likeness (QED) is 0.526. The zero-order valence-electron chi connectivity index (χ0n) is 12.0. The number of fused-ring (bicyclic) bond motifs is 1. The van der Waals surface area contributed by atoms with Crippen molar-refractivity contribution in [3.8, 4) is 5.75 Å². The molecule has 0 aliphatic heterocycles. The Hall–Kier alpha value is -2.18. The molecule has 1 amide bonds. The Morgan fingerprint density at radius 3 is 2.78 bits per heavy atom. The Morgan fingerprint density at radius 1 is 1.17 bits per heavy atom. The number of ether oxygens (including phenoxy) is 1. The summed E-state index contributed by atoms with van der Waals surface area (Å²) in [7, 11) is 0. The van der Waals surface area contributed by atoms with Crippen molar-refractivity contribution in [3.63, 3.8) is 0 Å². The first-order chi connectivity index (χ1) is 11.2. The monoisotopic (exact) mass is 388 g/mol. The van der Waals surface area contributed by atoms with E-state index in [1.54, 1.807) is 6.21 Å². The van der Waals surface area contributed by atoms with Gasteiger partial charge in [0.15, 0.2) is 6.61 Å². The number of carbonyl (C=O) groups excluding carboxylic acids is 1. The van der Waals surface area contributed by atoms with Crippen LogP contribution in [0, 0.1) is 0 Å². The Morgan fingerprint density at radius 2 is 2.00 bits per heavy atom. The number of nitrogens with zero attached hydrogens (tertiary/aromatic N) is 1. The lowest BCUT2D eigenvalue weighted by Gasteiger charge is -2.06. The van der Waals surface area contributed by atoms with Crippen molar-refractivity contribution in [2.24, 2.45) is 5.10 Å². The van der Waals surface area contributed by atoms with Gasteiger partial charge in [0.05, 0.1) is 10.0 Å². The van der Waals surface area contributed by atoms with Crippen LogP contribution < -0.4 is 10.2 Å². The van der Waals surface area contributed by atoms with Gasteiger partial charge in [-0.1, -0.05) is 30.3 Å². The zero-order chi connectivity index (χ0) is 16.1. The maximum Gasteiger partial charge on any atom is 0.277 e. The first kappa shape index (κ1) is 15.7. The van der Waals surface area contributed by atoms with E-state index in [0.29, 0.717) is 5.75 Å². The van der Waals surface area contributed by atoms with Gasteiger partial charge in [-0.15, -0.1) is 11.3 Å². The van der Waals surface area contributed by atoms with Crippen molar-refractivity contribution in [3.05, 3.63) is 63.3 Å². The van der Waals surface area contributed by atoms with Crippen LogP contribution in [0.15, 0.2) is 63.5 Å². The van der Waals surface area contributed by atoms with Gasteiger partial charge in [-0.25, -0.2) is 5.43 Å². The van der Waals surface area contributed by atoms with Crippen LogP contribution in [0.2, 0.25) is 0 Å². The minimum Gasteiger partial charge on any atom is -0.484 e. The van der Waals surface area contributed by atoms with Gasteiger partial charge in [0.1, 0.15) is 5.75 Å². The number of hydrazone groups is 1. The Balaban J connectivity index is 1.52. The fourth-order valence-corrected chi connectivity index (χ4v) is 3.30. The third-order valence-corrected chi connectivity index (χ3v) is 4.62. The van der Waals surface area contributed by atoms with E-state index in [2.05, 4.69) is 26.5 Å². The molecule has 0 bridgehead atoms. The number of hydrogen-bond donors (Lipinski definition) is 1. The van der Waals surface area contributed by atoms with Crippen molar-refractivity contribution in [2.75, 3.05) is 6.61 Å². The topological polar surface area (TPSA) is 50.7 Å². The van der Waals surface area contributed by atoms with Crippen molar-refractivity contribution < 1.29 is 9.53 Å². The number of amides is 1. The number of thiophene rings is 1. The molecule has 0 saturated carbocycles. The summed E-state index contributed by atoms with van der Waals surface area (Å²) < 4.78 is 6.51. The van der Waals surface area contributed by atoms with Crippen LogP contribution in [-0.2, 0) is 4.79 Å². The van der Waals surface area contributed by atoms with Crippen LogP contribution in [-0.4, -0.2) is 18.7 Å². The van der Waals surface area contributed by atoms with E-state index in [-0.39, 0.29) is 12.5 Å². The van der Waals surface area contributed by atoms with Crippen molar-refractivity contribution in [1.29, 1.82) is 0 Å². The van der Waals surface area contributed by atoms with E-state index in [1.165, 1.54) is 11.3 Å². The molecule has 0 aliphatic rings. The number of carbonyl (C=O) groups is 1. The van der Waals surface area contributed by atoms with E-state index in [0.717, 1.165) is 19.4 Å². The molecule has 1 heterocycles. The lowest BCUT2D eigenvalue weighted by Crippen LogP contribution is -2.24. The van der Waals surface area contributed by atoms with Gasteiger partial charge in [-0.3, -0.25) is 4.79 Å². The highest BCUT2D eigenvalue weighted by Crippen LogP contribution is 2.21. The fourth-order valence-electron chi connectivity index (χ4n) is 2.00. The third-order valence-electron chi connectivity index (χ3n) is 3.07. The molecule has 0 fully saturated rings. The summed E-state index contributed by atoms with van der Waals surface area (Å²) in [5.74, 6) is 0.357. The first-order valence-electron chi connectivity index (χ1n) is 6.89. The molecule has 0 spiro atoms. The van der Waals surface area contributed by atoms with Crippen molar-refractivity contribution >= 4 is 50.2 Å². The molecule has 4 nitrogen and oxygen atoms in total. The minimum absolute atomic E-state index is 0.0795. The maximum atomic E-state index is 11.7. The fraction of sp³-hybridized carbons (Fsp3) is 0.0588. The Bertz CT molecular complexity index is 860. The standard InChI is InChI=1S/C17H13BrN2O2S/c18-16-8-7-15(23-16)10-19-20-17(21)11-22-14-6-5-12-3-1-2-4-13(12)9-14/h1-10H,11H2,(H,20,21)/b19-10-. The lowest BCUT2D eigenvalue weighted by atomic mass is 10.1. The minimum atomic E-state index is -0.301. The van der Waals surface area contributed by atoms with Crippen LogP contribution in [0.5, 0.6) is 5.75 Å².